The summed E-state index contributed by atoms with van der Waals surface area (Å²) in [4.78, 5) is 22.4. The highest BCUT2D eigenvalue weighted by atomic mass is 16.2. The molecular formula is C26H32N6O. The fourth-order valence-electron chi connectivity index (χ4n) is 4.23. The van der Waals surface area contributed by atoms with Gasteiger partial charge in [-0.05, 0) is 28.7 Å². The molecule has 1 amide bonds. The van der Waals surface area contributed by atoms with Gasteiger partial charge < -0.3 is 20.1 Å². The maximum atomic E-state index is 11.9. The molecule has 2 heterocycles. The van der Waals surface area contributed by atoms with Crippen LogP contribution in [0.1, 0.15) is 30.9 Å². The summed E-state index contributed by atoms with van der Waals surface area (Å²) in [6.45, 7) is 4.93. The van der Waals surface area contributed by atoms with Crippen LogP contribution in [0.3, 0.4) is 0 Å². The van der Waals surface area contributed by atoms with Crippen molar-refractivity contribution in [1.82, 2.24) is 25.1 Å². The summed E-state index contributed by atoms with van der Waals surface area (Å²) in [5.74, 6) is 0.975. The summed E-state index contributed by atoms with van der Waals surface area (Å²) in [5, 5.41) is 6.92. The molecule has 1 saturated heterocycles. The SMILES string of the molecule is CCC(=O)N1CCC(NC(=NC)NCc2ccccc2-c2ccc(Cn3ccnc3)cc2)C1. The van der Waals surface area contributed by atoms with Crippen LogP contribution in [0, 0.1) is 0 Å². The number of guanidine groups is 1. The summed E-state index contributed by atoms with van der Waals surface area (Å²) in [7, 11) is 1.78. The first-order valence-electron chi connectivity index (χ1n) is 11.5. The van der Waals surface area contributed by atoms with Gasteiger partial charge in [-0.15, -0.1) is 0 Å². The van der Waals surface area contributed by atoms with E-state index < -0.39 is 0 Å². The molecule has 0 spiro atoms. The molecule has 1 aliphatic heterocycles. The van der Waals surface area contributed by atoms with Gasteiger partial charge in [-0.1, -0.05) is 55.5 Å². The fourth-order valence-corrected chi connectivity index (χ4v) is 4.23. The highest BCUT2D eigenvalue weighted by Gasteiger charge is 2.25. The molecule has 7 heteroatoms. The quantitative estimate of drug-likeness (QED) is 0.433. The topological polar surface area (TPSA) is 74.6 Å². The van der Waals surface area contributed by atoms with Crippen LogP contribution in [-0.2, 0) is 17.9 Å². The van der Waals surface area contributed by atoms with E-state index in [-0.39, 0.29) is 11.9 Å². The number of aromatic nitrogens is 2. The predicted octanol–water partition coefficient (Wildman–Crippen LogP) is 3.27. The molecule has 7 nitrogen and oxygen atoms in total. The largest absolute Gasteiger partial charge is 0.352 e. The number of carbonyl (C=O) groups is 1. The lowest BCUT2D eigenvalue weighted by atomic mass is 9.98. The summed E-state index contributed by atoms with van der Waals surface area (Å²) in [5.41, 5.74) is 4.84. The molecule has 0 bridgehead atoms. The monoisotopic (exact) mass is 444 g/mol. The number of rotatable bonds is 7. The molecule has 0 saturated carbocycles. The Morgan fingerprint density at radius 3 is 2.73 bits per heavy atom. The molecule has 1 atom stereocenters. The second kappa shape index (κ2) is 10.8. The number of aliphatic imine (C=N–C) groups is 1. The number of amides is 1. The molecule has 3 aromatic rings. The van der Waals surface area contributed by atoms with Crippen molar-refractivity contribution < 1.29 is 4.79 Å². The highest BCUT2D eigenvalue weighted by Crippen LogP contribution is 2.24. The molecule has 2 N–H and O–H groups in total. The van der Waals surface area contributed by atoms with Crippen LogP contribution in [-0.4, -0.2) is 52.5 Å². The third-order valence-electron chi connectivity index (χ3n) is 6.06. The van der Waals surface area contributed by atoms with Gasteiger partial charge in [0.1, 0.15) is 0 Å². The van der Waals surface area contributed by atoms with Crippen LogP contribution < -0.4 is 10.6 Å². The minimum absolute atomic E-state index is 0.215. The molecule has 1 aliphatic rings. The van der Waals surface area contributed by atoms with Crippen molar-refractivity contribution in [2.24, 2.45) is 4.99 Å². The van der Waals surface area contributed by atoms with Gasteiger partial charge in [0.05, 0.1) is 6.33 Å². The van der Waals surface area contributed by atoms with Gasteiger partial charge in [-0.25, -0.2) is 4.98 Å². The summed E-state index contributed by atoms with van der Waals surface area (Å²) >= 11 is 0. The number of hydrogen-bond donors (Lipinski definition) is 2. The zero-order chi connectivity index (χ0) is 23.0. The molecule has 1 unspecified atom stereocenters. The molecule has 0 radical (unpaired) electrons. The van der Waals surface area contributed by atoms with Gasteiger partial charge in [-0.2, -0.15) is 0 Å². The Bertz CT molecular complexity index is 1070. The Balaban J connectivity index is 1.38. The Morgan fingerprint density at radius 1 is 1.18 bits per heavy atom. The van der Waals surface area contributed by atoms with Crippen LogP contribution >= 0.6 is 0 Å². The first kappa shape index (κ1) is 22.6. The smallest absolute Gasteiger partial charge is 0.222 e. The number of carbonyl (C=O) groups excluding carboxylic acids is 1. The second-order valence-electron chi connectivity index (χ2n) is 8.34. The van der Waals surface area contributed by atoms with Gasteiger partial charge in [0.15, 0.2) is 5.96 Å². The van der Waals surface area contributed by atoms with Crippen LogP contribution in [0.25, 0.3) is 11.1 Å². The molecular weight excluding hydrogens is 412 g/mol. The van der Waals surface area contributed by atoms with E-state index in [2.05, 4.69) is 73.7 Å². The molecule has 4 rings (SSSR count). The van der Waals surface area contributed by atoms with Crippen molar-refractivity contribution in [3.05, 3.63) is 78.4 Å². The Kier molecular flexibility index (Phi) is 7.40. The van der Waals surface area contributed by atoms with Crippen molar-refractivity contribution in [1.29, 1.82) is 0 Å². The molecule has 1 aromatic heterocycles. The van der Waals surface area contributed by atoms with Crippen LogP contribution in [0.2, 0.25) is 0 Å². The first-order valence-corrected chi connectivity index (χ1v) is 11.5. The standard InChI is InChI=1S/C26H32N6O/c1-3-25(33)32-14-12-23(18-32)30-26(27-2)29-16-22-6-4-5-7-24(22)21-10-8-20(9-11-21)17-31-15-13-28-19-31/h4-11,13,15,19,23H,3,12,14,16-18H2,1-2H3,(H2,27,29,30). The molecule has 0 aliphatic carbocycles. The van der Waals surface area contributed by atoms with E-state index in [0.717, 1.165) is 32.0 Å². The summed E-state index contributed by atoms with van der Waals surface area (Å²) < 4.78 is 2.06. The third-order valence-corrected chi connectivity index (χ3v) is 6.06. The minimum atomic E-state index is 0.215. The maximum Gasteiger partial charge on any atom is 0.222 e. The van der Waals surface area contributed by atoms with E-state index in [4.69, 9.17) is 0 Å². The van der Waals surface area contributed by atoms with Gasteiger partial charge in [0.25, 0.3) is 0 Å². The maximum absolute atomic E-state index is 11.9. The number of nitrogens with zero attached hydrogens (tertiary/aromatic N) is 4. The van der Waals surface area contributed by atoms with Gasteiger partial charge in [0.2, 0.25) is 5.91 Å². The highest BCUT2D eigenvalue weighted by molar-refractivity contribution is 5.81. The van der Waals surface area contributed by atoms with Crippen LogP contribution in [0.15, 0.2) is 72.2 Å². The summed E-state index contributed by atoms with van der Waals surface area (Å²) in [6.07, 6.45) is 7.10. The van der Waals surface area contributed by atoms with Crippen molar-refractivity contribution in [2.45, 2.75) is 38.9 Å². The molecule has 2 aromatic carbocycles. The van der Waals surface area contributed by atoms with Crippen molar-refractivity contribution >= 4 is 11.9 Å². The van der Waals surface area contributed by atoms with E-state index in [1.54, 1.807) is 13.2 Å². The van der Waals surface area contributed by atoms with Gasteiger partial charge in [-0.3, -0.25) is 9.79 Å². The van der Waals surface area contributed by atoms with Crippen LogP contribution in [0.4, 0.5) is 0 Å². The average molecular weight is 445 g/mol. The number of likely N-dealkylation sites (tertiary alicyclic amines) is 1. The minimum Gasteiger partial charge on any atom is -0.352 e. The second-order valence-corrected chi connectivity index (χ2v) is 8.34. The van der Waals surface area contributed by atoms with Gasteiger partial charge in [0, 0.05) is 58.1 Å². The van der Waals surface area contributed by atoms with E-state index in [1.807, 2.05) is 24.3 Å². The van der Waals surface area contributed by atoms with Crippen molar-refractivity contribution in [3.8, 4) is 11.1 Å². The fraction of sp³-hybridized carbons (Fsp3) is 0.346. The van der Waals surface area contributed by atoms with E-state index in [9.17, 15) is 4.79 Å². The predicted molar refractivity (Wildman–Crippen MR) is 132 cm³/mol. The lowest BCUT2D eigenvalue weighted by molar-refractivity contribution is -0.129. The Hall–Kier alpha value is -3.61. The van der Waals surface area contributed by atoms with E-state index >= 15 is 0 Å². The Labute approximate surface area is 195 Å². The molecule has 33 heavy (non-hydrogen) atoms. The Morgan fingerprint density at radius 2 is 2.00 bits per heavy atom. The normalized spacial score (nSPS) is 16.1. The number of benzene rings is 2. The van der Waals surface area contributed by atoms with Gasteiger partial charge >= 0.3 is 0 Å². The van der Waals surface area contributed by atoms with Crippen molar-refractivity contribution in [2.75, 3.05) is 20.1 Å². The number of nitrogens with one attached hydrogen (secondary N) is 2. The zero-order valence-corrected chi connectivity index (χ0v) is 19.4. The van der Waals surface area contributed by atoms with E-state index in [0.29, 0.717) is 13.0 Å². The number of hydrogen-bond acceptors (Lipinski definition) is 3. The lowest BCUT2D eigenvalue weighted by Gasteiger charge is -2.19. The third kappa shape index (κ3) is 5.80. The molecule has 172 valence electrons. The first-order chi connectivity index (χ1) is 16.2. The van der Waals surface area contributed by atoms with E-state index in [1.165, 1.54) is 22.3 Å². The zero-order valence-electron chi connectivity index (χ0n) is 19.4. The average Bonchev–Trinajstić information content (AvgIpc) is 3.54. The van der Waals surface area contributed by atoms with Crippen molar-refractivity contribution in [3.63, 3.8) is 0 Å². The lowest BCUT2D eigenvalue weighted by Crippen LogP contribution is -2.44. The van der Waals surface area contributed by atoms with Crippen LogP contribution in [0.5, 0.6) is 0 Å². The summed E-state index contributed by atoms with van der Waals surface area (Å²) in [6, 6.07) is 17.4. The number of imidazole rings is 1. The molecule has 1 fully saturated rings.